The van der Waals surface area contributed by atoms with E-state index in [0.717, 1.165) is 5.57 Å². The minimum atomic E-state index is -0.386. The highest BCUT2D eigenvalue weighted by atomic mass is 19.1. The van der Waals surface area contributed by atoms with Crippen LogP contribution in [0.4, 0.5) is 10.1 Å². The van der Waals surface area contributed by atoms with Gasteiger partial charge in [0.2, 0.25) is 11.8 Å². The van der Waals surface area contributed by atoms with E-state index in [9.17, 15) is 14.0 Å². The Morgan fingerprint density at radius 1 is 1.40 bits per heavy atom. The molecule has 1 saturated heterocycles. The minimum Gasteiger partial charge on any atom is -0.358 e. The zero-order valence-corrected chi connectivity index (χ0v) is 15.3. The third-order valence-electron chi connectivity index (χ3n) is 4.39. The standard InChI is InChI=1S/C19H26FN3O2/c1-13(19(2,3)4)9-17(24)22-11-14-5-6-16(15(20)10-14)23-8-7-21-18(25)12-23/h5-6,9-10H,7-8,11-12H2,1-4H3,(H,21,25)(H,22,24)/b13-9+. The average molecular weight is 347 g/mol. The highest BCUT2D eigenvalue weighted by molar-refractivity contribution is 5.88. The lowest BCUT2D eigenvalue weighted by molar-refractivity contribution is -0.120. The molecule has 0 unspecified atom stereocenters. The molecular weight excluding hydrogens is 321 g/mol. The van der Waals surface area contributed by atoms with E-state index in [0.29, 0.717) is 24.3 Å². The van der Waals surface area contributed by atoms with Crippen molar-refractivity contribution < 1.29 is 14.0 Å². The van der Waals surface area contributed by atoms with Gasteiger partial charge in [0.25, 0.3) is 0 Å². The van der Waals surface area contributed by atoms with E-state index in [2.05, 4.69) is 10.6 Å². The zero-order chi connectivity index (χ0) is 18.6. The molecule has 2 amide bonds. The SMILES string of the molecule is C/C(=C\C(=O)NCc1ccc(N2CCNC(=O)C2)c(F)c1)C(C)(C)C. The molecule has 0 bridgehead atoms. The quantitative estimate of drug-likeness (QED) is 0.822. The van der Waals surface area contributed by atoms with E-state index in [1.807, 2.05) is 27.7 Å². The second kappa shape index (κ2) is 7.68. The summed E-state index contributed by atoms with van der Waals surface area (Å²) in [4.78, 5) is 25.1. The molecule has 25 heavy (non-hydrogen) atoms. The maximum atomic E-state index is 14.4. The van der Waals surface area contributed by atoms with Crippen molar-refractivity contribution in [3.8, 4) is 0 Å². The number of benzene rings is 1. The van der Waals surface area contributed by atoms with Crippen LogP contribution >= 0.6 is 0 Å². The van der Waals surface area contributed by atoms with Gasteiger partial charge in [-0.05, 0) is 30.0 Å². The summed E-state index contributed by atoms with van der Waals surface area (Å²) in [6.07, 6.45) is 1.58. The van der Waals surface area contributed by atoms with Gasteiger partial charge in [-0.2, -0.15) is 0 Å². The topological polar surface area (TPSA) is 61.4 Å². The molecule has 1 fully saturated rings. The van der Waals surface area contributed by atoms with Crippen LogP contribution in [0.25, 0.3) is 0 Å². The molecule has 1 heterocycles. The number of allylic oxidation sites excluding steroid dienone is 1. The minimum absolute atomic E-state index is 0.0637. The van der Waals surface area contributed by atoms with Crippen molar-refractivity contribution >= 4 is 17.5 Å². The summed E-state index contributed by atoms with van der Waals surface area (Å²) in [5.74, 6) is -0.685. The van der Waals surface area contributed by atoms with E-state index in [1.54, 1.807) is 23.1 Å². The fourth-order valence-corrected chi connectivity index (χ4v) is 2.41. The molecule has 0 saturated carbocycles. The van der Waals surface area contributed by atoms with E-state index >= 15 is 0 Å². The van der Waals surface area contributed by atoms with Gasteiger partial charge in [-0.25, -0.2) is 4.39 Å². The molecule has 136 valence electrons. The van der Waals surface area contributed by atoms with Crippen molar-refractivity contribution in [2.45, 2.75) is 34.2 Å². The van der Waals surface area contributed by atoms with Gasteiger partial charge in [0.05, 0.1) is 12.2 Å². The molecule has 2 rings (SSSR count). The van der Waals surface area contributed by atoms with Crippen LogP contribution in [0, 0.1) is 11.2 Å². The second-order valence-corrected chi connectivity index (χ2v) is 7.35. The lowest BCUT2D eigenvalue weighted by atomic mass is 9.87. The number of piperazine rings is 1. The van der Waals surface area contributed by atoms with Gasteiger partial charge in [-0.3, -0.25) is 9.59 Å². The predicted octanol–water partition coefficient (Wildman–Crippen LogP) is 2.37. The summed E-state index contributed by atoms with van der Waals surface area (Å²) in [6.45, 7) is 9.55. The summed E-state index contributed by atoms with van der Waals surface area (Å²) in [6, 6.07) is 4.83. The number of amides is 2. The number of nitrogens with zero attached hydrogens (tertiary/aromatic N) is 1. The molecule has 0 aliphatic carbocycles. The molecule has 1 aliphatic heterocycles. The highest BCUT2D eigenvalue weighted by Gasteiger charge is 2.19. The third kappa shape index (κ3) is 5.31. The van der Waals surface area contributed by atoms with Crippen LogP contribution in [0.2, 0.25) is 0 Å². The van der Waals surface area contributed by atoms with Gasteiger partial charge in [0.1, 0.15) is 5.82 Å². The Bertz CT molecular complexity index is 692. The third-order valence-corrected chi connectivity index (χ3v) is 4.39. The van der Waals surface area contributed by atoms with Crippen LogP contribution in [0.5, 0.6) is 0 Å². The van der Waals surface area contributed by atoms with Crippen molar-refractivity contribution in [3.05, 3.63) is 41.2 Å². The number of halogens is 1. The van der Waals surface area contributed by atoms with Crippen LogP contribution in [-0.4, -0.2) is 31.4 Å². The monoisotopic (exact) mass is 347 g/mol. The molecule has 1 aromatic rings. The number of carbonyl (C=O) groups is 2. The Balaban J connectivity index is 1.99. The van der Waals surface area contributed by atoms with Crippen molar-refractivity contribution in [1.82, 2.24) is 10.6 Å². The van der Waals surface area contributed by atoms with Crippen LogP contribution in [0.3, 0.4) is 0 Å². The lowest BCUT2D eigenvalue weighted by Crippen LogP contribution is -2.48. The van der Waals surface area contributed by atoms with E-state index in [-0.39, 0.29) is 36.1 Å². The molecule has 0 radical (unpaired) electrons. The normalized spacial score (nSPS) is 15.8. The van der Waals surface area contributed by atoms with Gasteiger partial charge in [0, 0.05) is 25.7 Å². The molecule has 5 nitrogen and oxygen atoms in total. The molecule has 6 heteroatoms. The Morgan fingerprint density at radius 2 is 2.12 bits per heavy atom. The Kier molecular flexibility index (Phi) is 5.82. The number of hydrogen-bond donors (Lipinski definition) is 2. The van der Waals surface area contributed by atoms with Crippen LogP contribution in [0.1, 0.15) is 33.3 Å². The zero-order valence-electron chi connectivity index (χ0n) is 15.3. The summed E-state index contributed by atoms with van der Waals surface area (Å²) >= 11 is 0. The van der Waals surface area contributed by atoms with Crippen molar-refractivity contribution in [1.29, 1.82) is 0 Å². The van der Waals surface area contributed by atoms with Crippen molar-refractivity contribution in [3.63, 3.8) is 0 Å². The van der Waals surface area contributed by atoms with Crippen LogP contribution in [-0.2, 0) is 16.1 Å². The van der Waals surface area contributed by atoms with Gasteiger partial charge < -0.3 is 15.5 Å². The lowest BCUT2D eigenvalue weighted by Gasteiger charge is -2.29. The number of anilines is 1. The first-order chi connectivity index (χ1) is 11.7. The Hall–Kier alpha value is -2.37. The largest absolute Gasteiger partial charge is 0.358 e. The number of rotatable bonds is 4. The first-order valence-electron chi connectivity index (χ1n) is 8.43. The fourth-order valence-electron chi connectivity index (χ4n) is 2.41. The molecule has 1 aromatic carbocycles. The number of nitrogens with one attached hydrogen (secondary N) is 2. The van der Waals surface area contributed by atoms with E-state index in [1.165, 1.54) is 6.07 Å². The predicted molar refractivity (Wildman–Crippen MR) is 96.7 cm³/mol. The first kappa shape index (κ1) is 19.0. The highest BCUT2D eigenvalue weighted by Crippen LogP contribution is 2.24. The molecular formula is C19H26FN3O2. The molecule has 0 spiro atoms. The Labute approximate surface area is 148 Å². The van der Waals surface area contributed by atoms with E-state index < -0.39 is 0 Å². The smallest absolute Gasteiger partial charge is 0.244 e. The summed E-state index contributed by atoms with van der Waals surface area (Å²) < 4.78 is 14.4. The Morgan fingerprint density at radius 3 is 2.72 bits per heavy atom. The summed E-state index contributed by atoms with van der Waals surface area (Å²) in [7, 11) is 0. The van der Waals surface area contributed by atoms with Gasteiger partial charge in [0.15, 0.2) is 0 Å². The maximum absolute atomic E-state index is 14.4. The second-order valence-electron chi connectivity index (χ2n) is 7.35. The summed E-state index contributed by atoms with van der Waals surface area (Å²) in [5, 5.41) is 5.49. The molecule has 1 aliphatic rings. The van der Waals surface area contributed by atoms with Crippen LogP contribution in [0.15, 0.2) is 29.8 Å². The first-order valence-corrected chi connectivity index (χ1v) is 8.43. The van der Waals surface area contributed by atoms with Crippen LogP contribution < -0.4 is 15.5 Å². The van der Waals surface area contributed by atoms with Gasteiger partial charge in [-0.1, -0.05) is 32.4 Å². The number of hydrogen-bond acceptors (Lipinski definition) is 3. The summed E-state index contributed by atoms with van der Waals surface area (Å²) in [5.41, 5.74) is 2.01. The van der Waals surface area contributed by atoms with Gasteiger partial charge in [-0.15, -0.1) is 0 Å². The van der Waals surface area contributed by atoms with Crippen molar-refractivity contribution in [2.75, 3.05) is 24.5 Å². The van der Waals surface area contributed by atoms with Crippen molar-refractivity contribution in [2.24, 2.45) is 5.41 Å². The molecule has 2 N–H and O–H groups in total. The molecule has 0 atom stereocenters. The number of carbonyl (C=O) groups excluding carboxylic acids is 2. The maximum Gasteiger partial charge on any atom is 0.244 e. The van der Waals surface area contributed by atoms with Gasteiger partial charge >= 0.3 is 0 Å². The molecule has 0 aromatic heterocycles. The van der Waals surface area contributed by atoms with E-state index in [4.69, 9.17) is 0 Å². The fraction of sp³-hybridized carbons (Fsp3) is 0.474. The average Bonchev–Trinajstić information content (AvgIpc) is 2.52.